The average molecular weight is 248 g/mol. The summed E-state index contributed by atoms with van der Waals surface area (Å²) in [5.74, 6) is -0.584. The van der Waals surface area contributed by atoms with Crippen LogP contribution in [0.3, 0.4) is 0 Å². The van der Waals surface area contributed by atoms with Crippen LogP contribution in [0, 0.1) is 0 Å². The fourth-order valence-corrected chi connectivity index (χ4v) is 2.05. The molecule has 1 rings (SSSR count). The predicted molar refractivity (Wildman–Crippen MR) is 60.9 cm³/mol. The zero-order chi connectivity index (χ0) is 12.4. The van der Waals surface area contributed by atoms with Gasteiger partial charge in [-0.3, -0.25) is 4.79 Å². The van der Waals surface area contributed by atoms with E-state index in [1.54, 1.807) is 5.54 Å². The Morgan fingerprint density at radius 1 is 1.12 bits per heavy atom. The van der Waals surface area contributed by atoms with Crippen LogP contribution in [0.2, 0.25) is 0 Å². The Hall–Kier alpha value is -0.720. The van der Waals surface area contributed by atoms with Crippen molar-refractivity contribution in [2.75, 3.05) is 26.3 Å². The van der Waals surface area contributed by atoms with Gasteiger partial charge in [0.05, 0.1) is 13.2 Å². The number of hydrogen-bond donors (Lipinski definition) is 2. The van der Waals surface area contributed by atoms with E-state index in [-0.39, 0.29) is 13.2 Å². The van der Waals surface area contributed by atoms with Crippen LogP contribution in [0.1, 0.15) is 32.1 Å². The molecular weight excluding hydrogens is 227 g/mol. The lowest BCUT2D eigenvalue weighted by Crippen LogP contribution is -2.41. The summed E-state index contributed by atoms with van der Waals surface area (Å²) in [5, 5.41) is 2.54. The van der Waals surface area contributed by atoms with Crippen LogP contribution in [0.15, 0.2) is 0 Å². The zero-order valence-electron chi connectivity index (χ0n) is 10.0. The SMILES string of the molecule is O=CNCCOC1(OCCNF)CCCCC1. The number of halogens is 1. The number of ether oxygens (including phenoxy) is 2. The molecular formula is C11H21FN2O3. The third-order valence-electron chi connectivity index (χ3n) is 2.87. The van der Waals surface area contributed by atoms with Crippen LogP contribution >= 0.6 is 0 Å². The maximum Gasteiger partial charge on any atom is 0.207 e. The highest BCUT2D eigenvalue weighted by Gasteiger charge is 2.33. The molecule has 0 spiro atoms. The topological polar surface area (TPSA) is 59.6 Å². The quantitative estimate of drug-likeness (QED) is 0.275. The number of amides is 1. The molecule has 1 aliphatic carbocycles. The van der Waals surface area contributed by atoms with Gasteiger partial charge < -0.3 is 14.8 Å². The van der Waals surface area contributed by atoms with E-state index in [1.165, 1.54) is 6.42 Å². The van der Waals surface area contributed by atoms with Crippen LogP contribution in [-0.2, 0) is 14.3 Å². The number of rotatable bonds is 9. The highest BCUT2D eigenvalue weighted by molar-refractivity contribution is 5.45. The van der Waals surface area contributed by atoms with Crippen molar-refractivity contribution in [2.45, 2.75) is 37.9 Å². The molecule has 17 heavy (non-hydrogen) atoms. The minimum Gasteiger partial charge on any atom is -0.356 e. The van der Waals surface area contributed by atoms with Crippen molar-refractivity contribution in [3.05, 3.63) is 0 Å². The van der Waals surface area contributed by atoms with Gasteiger partial charge >= 0.3 is 0 Å². The second-order valence-corrected chi connectivity index (χ2v) is 4.12. The summed E-state index contributed by atoms with van der Waals surface area (Å²) in [7, 11) is 0. The van der Waals surface area contributed by atoms with Gasteiger partial charge in [0.25, 0.3) is 0 Å². The van der Waals surface area contributed by atoms with Crippen molar-refractivity contribution in [2.24, 2.45) is 0 Å². The Balaban J connectivity index is 2.32. The molecule has 0 heterocycles. The van der Waals surface area contributed by atoms with Gasteiger partial charge in [-0.1, -0.05) is 6.42 Å². The first-order chi connectivity index (χ1) is 8.33. The standard InChI is InChI=1S/C11H21FN2O3/c12-14-7-9-17-11(4-2-1-3-5-11)16-8-6-13-10-15/h10,14H,1-9H2,(H,13,15). The fourth-order valence-electron chi connectivity index (χ4n) is 2.05. The molecule has 6 heteroatoms. The van der Waals surface area contributed by atoms with Crippen molar-refractivity contribution in [1.82, 2.24) is 10.9 Å². The van der Waals surface area contributed by atoms with E-state index in [1.807, 2.05) is 0 Å². The third-order valence-corrected chi connectivity index (χ3v) is 2.87. The molecule has 0 aromatic carbocycles. The molecule has 1 fully saturated rings. The average Bonchev–Trinajstić information content (AvgIpc) is 2.36. The highest BCUT2D eigenvalue weighted by atomic mass is 19.2. The zero-order valence-corrected chi connectivity index (χ0v) is 10.0. The molecule has 0 radical (unpaired) electrons. The van der Waals surface area contributed by atoms with E-state index >= 15 is 0 Å². The van der Waals surface area contributed by atoms with E-state index in [4.69, 9.17) is 9.47 Å². The first-order valence-electron chi connectivity index (χ1n) is 6.11. The van der Waals surface area contributed by atoms with Crippen LogP contribution in [0.4, 0.5) is 4.48 Å². The van der Waals surface area contributed by atoms with Gasteiger partial charge in [0.15, 0.2) is 5.79 Å². The molecule has 0 aromatic rings. The van der Waals surface area contributed by atoms with Crippen LogP contribution in [0.25, 0.3) is 0 Å². The Kier molecular flexibility index (Phi) is 7.07. The highest BCUT2D eigenvalue weighted by Crippen LogP contribution is 2.32. The van der Waals surface area contributed by atoms with Gasteiger partial charge in [0.2, 0.25) is 6.41 Å². The van der Waals surface area contributed by atoms with Crippen LogP contribution in [0.5, 0.6) is 0 Å². The lowest BCUT2D eigenvalue weighted by atomic mass is 9.94. The number of carbonyl (C=O) groups is 1. The van der Waals surface area contributed by atoms with E-state index in [0.29, 0.717) is 19.6 Å². The van der Waals surface area contributed by atoms with Gasteiger partial charge in [-0.2, -0.15) is 5.54 Å². The summed E-state index contributed by atoms with van der Waals surface area (Å²) in [4.78, 5) is 10.1. The van der Waals surface area contributed by atoms with Gasteiger partial charge in [-0.05, 0) is 12.8 Å². The molecule has 1 amide bonds. The smallest absolute Gasteiger partial charge is 0.207 e. The summed E-state index contributed by atoms with van der Waals surface area (Å²) in [6, 6.07) is 0. The first-order valence-corrected chi connectivity index (χ1v) is 6.11. The summed E-state index contributed by atoms with van der Waals surface area (Å²) < 4.78 is 23.2. The van der Waals surface area contributed by atoms with Crippen molar-refractivity contribution in [1.29, 1.82) is 0 Å². The van der Waals surface area contributed by atoms with E-state index in [2.05, 4.69) is 5.32 Å². The number of carbonyl (C=O) groups excluding carboxylic acids is 1. The molecule has 0 saturated heterocycles. The third kappa shape index (κ3) is 5.43. The second-order valence-electron chi connectivity index (χ2n) is 4.12. The van der Waals surface area contributed by atoms with Gasteiger partial charge in [0, 0.05) is 25.9 Å². The summed E-state index contributed by atoms with van der Waals surface area (Å²) in [6.45, 7) is 1.34. The van der Waals surface area contributed by atoms with Gasteiger partial charge in [-0.15, -0.1) is 4.48 Å². The van der Waals surface area contributed by atoms with E-state index in [9.17, 15) is 9.28 Å². The van der Waals surface area contributed by atoms with Crippen molar-refractivity contribution in [3.8, 4) is 0 Å². The maximum atomic E-state index is 11.8. The molecule has 1 saturated carbocycles. The summed E-state index contributed by atoms with van der Waals surface area (Å²) >= 11 is 0. The molecule has 0 unspecified atom stereocenters. The van der Waals surface area contributed by atoms with Gasteiger partial charge in [-0.25, -0.2) is 0 Å². The van der Waals surface area contributed by atoms with Crippen molar-refractivity contribution < 1.29 is 18.7 Å². The van der Waals surface area contributed by atoms with Crippen molar-refractivity contribution >= 4 is 6.41 Å². The molecule has 0 atom stereocenters. The maximum absolute atomic E-state index is 11.8. The lowest BCUT2D eigenvalue weighted by molar-refractivity contribution is -0.251. The van der Waals surface area contributed by atoms with Crippen LogP contribution in [-0.4, -0.2) is 38.5 Å². The molecule has 2 N–H and O–H groups in total. The Bertz CT molecular complexity index is 211. The Morgan fingerprint density at radius 2 is 1.76 bits per heavy atom. The summed E-state index contributed by atoms with van der Waals surface area (Å²) in [5.41, 5.74) is 1.56. The lowest BCUT2D eigenvalue weighted by Gasteiger charge is -2.37. The predicted octanol–water partition coefficient (Wildman–Crippen LogP) is 0.900. The fraction of sp³-hybridized carbons (Fsp3) is 0.909. The van der Waals surface area contributed by atoms with Crippen LogP contribution < -0.4 is 10.9 Å². The Labute approximate surface area is 101 Å². The molecule has 0 aromatic heterocycles. The molecule has 0 bridgehead atoms. The monoisotopic (exact) mass is 248 g/mol. The number of hydrogen-bond acceptors (Lipinski definition) is 4. The normalized spacial score (nSPS) is 18.9. The first kappa shape index (κ1) is 14.3. The molecule has 5 nitrogen and oxygen atoms in total. The van der Waals surface area contributed by atoms with Gasteiger partial charge in [0.1, 0.15) is 0 Å². The molecule has 100 valence electrons. The van der Waals surface area contributed by atoms with E-state index < -0.39 is 5.79 Å². The Morgan fingerprint density at radius 3 is 2.35 bits per heavy atom. The number of nitrogens with one attached hydrogen (secondary N) is 2. The molecule has 1 aliphatic rings. The minimum absolute atomic E-state index is 0.164. The largest absolute Gasteiger partial charge is 0.356 e. The minimum atomic E-state index is -0.584. The molecule has 0 aliphatic heterocycles. The second kappa shape index (κ2) is 8.38. The van der Waals surface area contributed by atoms with E-state index in [0.717, 1.165) is 25.7 Å². The van der Waals surface area contributed by atoms with Crippen molar-refractivity contribution in [3.63, 3.8) is 0 Å². The summed E-state index contributed by atoms with van der Waals surface area (Å²) in [6.07, 6.45) is 5.61.